The molecule has 0 spiro atoms. The maximum Gasteiger partial charge on any atom is 0.416 e. The number of alkyl halides is 3. The van der Waals surface area contributed by atoms with Gasteiger partial charge in [0.05, 0.1) is 30.3 Å². The molecule has 2 aromatic rings. The van der Waals surface area contributed by atoms with Crippen molar-refractivity contribution >= 4 is 5.91 Å². The lowest BCUT2D eigenvalue weighted by molar-refractivity contribution is -0.138. The summed E-state index contributed by atoms with van der Waals surface area (Å²) in [5, 5.41) is 16.5. The van der Waals surface area contributed by atoms with Crippen molar-refractivity contribution in [2.75, 3.05) is 0 Å². The lowest BCUT2D eigenvalue weighted by Crippen LogP contribution is -2.41. The lowest BCUT2D eigenvalue weighted by Gasteiger charge is -2.37. The fraction of sp³-hybridized carbons (Fsp3) is 0.444. The maximum absolute atomic E-state index is 13.1. The summed E-state index contributed by atoms with van der Waals surface area (Å²) in [7, 11) is 1.75. The van der Waals surface area contributed by atoms with Crippen LogP contribution in [0.1, 0.15) is 35.6 Å². The Balaban J connectivity index is 1.75. The molecule has 26 heavy (non-hydrogen) atoms. The molecule has 1 atom stereocenters. The summed E-state index contributed by atoms with van der Waals surface area (Å²) in [4.78, 5) is 12.4. The van der Waals surface area contributed by atoms with E-state index in [2.05, 4.69) is 10.4 Å². The van der Waals surface area contributed by atoms with Crippen molar-refractivity contribution in [1.29, 1.82) is 0 Å². The van der Waals surface area contributed by atoms with E-state index in [0.29, 0.717) is 12.8 Å². The Morgan fingerprint density at radius 3 is 2.65 bits per heavy atom. The van der Waals surface area contributed by atoms with Gasteiger partial charge in [0, 0.05) is 18.8 Å². The Bertz CT molecular complexity index is 782. The summed E-state index contributed by atoms with van der Waals surface area (Å²) in [5.41, 5.74) is -0.0786. The number of hydrogen-bond acceptors (Lipinski definition) is 3. The van der Waals surface area contributed by atoms with Crippen LogP contribution in [0.5, 0.6) is 0 Å². The van der Waals surface area contributed by atoms with Gasteiger partial charge in [0.15, 0.2) is 0 Å². The number of aliphatic hydroxyl groups excluding tert-OH is 1. The third-order valence-corrected chi connectivity index (χ3v) is 4.70. The van der Waals surface area contributed by atoms with E-state index in [1.165, 1.54) is 18.2 Å². The van der Waals surface area contributed by atoms with Gasteiger partial charge in [-0.05, 0) is 30.4 Å². The lowest BCUT2D eigenvalue weighted by atomic mass is 9.75. The number of aromatic nitrogens is 2. The van der Waals surface area contributed by atoms with E-state index in [1.807, 2.05) is 0 Å². The Hall–Kier alpha value is -2.35. The number of carbonyl (C=O) groups is 1. The Labute approximate surface area is 148 Å². The van der Waals surface area contributed by atoms with Crippen molar-refractivity contribution in [1.82, 2.24) is 15.1 Å². The molecule has 0 saturated heterocycles. The molecule has 140 valence electrons. The molecule has 1 amide bonds. The number of benzene rings is 1. The number of aryl methyl sites for hydroxylation is 1. The van der Waals surface area contributed by atoms with Gasteiger partial charge < -0.3 is 10.4 Å². The first-order chi connectivity index (χ1) is 12.2. The van der Waals surface area contributed by atoms with Crippen LogP contribution in [0.2, 0.25) is 0 Å². The number of nitrogens with one attached hydrogen (secondary N) is 1. The summed E-state index contributed by atoms with van der Waals surface area (Å²) >= 11 is 0. The molecular formula is C18H20F3N3O2. The zero-order valence-corrected chi connectivity index (χ0v) is 14.2. The van der Waals surface area contributed by atoms with Crippen LogP contribution in [0.25, 0.3) is 0 Å². The molecule has 1 aromatic carbocycles. The Morgan fingerprint density at radius 1 is 1.38 bits per heavy atom. The van der Waals surface area contributed by atoms with E-state index in [4.69, 9.17) is 0 Å². The van der Waals surface area contributed by atoms with Crippen molar-refractivity contribution in [3.63, 3.8) is 0 Å². The van der Waals surface area contributed by atoms with Gasteiger partial charge in [0.1, 0.15) is 0 Å². The number of aliphatic hydroxyl groups is 1. The average Bonchev–Trinajstić information content (AvgIpc) is 2.96. The number of nitrogens with zero attached hydrogens (tertiary/aromatic N) is 2. The molecule has 1 aliphatic carbocycles. The quantitative estimate of drug-likeness (QED) is 0.854. The molecule has 1 fully saturated rings. The van der Waals surface area contributed by atoms with Crippen LogP contribution in [0.15, 0.2) is 36.7 Å². The second kappa shape index (κ2) is 7.11. The number of hydrogen-bond donors (Lipinski definition) is 2. The summed E-state index contributed by atoms with van der Waals surface area (Å²) < 4.78 is 40.9. The summed E-state index contributed by atoms with van der Waals surface area (Å²) in [5.74, 6) is -0.451. The molecule has 1 saturated carbocycles. The van der Waals surface area contributed by atoms with Gasteiger partial charge >= 0.3 is 6.18 Å². The minimum absolute atomic E-state index is 0.0380. The maximum atomic E-state index is 13.1. The van der Waals surface area contributed by atoms with Gasteiger partial charge in [0.2, 0.25) is 5.91 Å². The van der Waals surface area contributed by atoms with Crippen molar-refractivity contribution in [3.05, 3.63) is 53.3 Å². The van der Waals surface area contributed by atoms with E-state index >= 15 is 0 Å². The highest BCUT2D eigenvalue weighted by molar-refractivity contribution is 5.79. The van der Waals surface area contributed by atoms with Gasteiger partial charge in [-0.2, -0.15) is 18.3 Å². The van der Waals surface area contributed by atoms with E-state index in [1.54, 1.807) is 24.1 Å². The van der Waals surface area contributed by atoms with Crippen LogP contribution in [0.3, 0.4) is 0 Å². The zero-order valence-electron chi connectivity index (χ0n) is 14.2. The highest BCUT2D eigenvalue weighted by atomic mass is 19.4. The van der Waals surface area contributed by atoms with Gasteiger partial charge in [-0.25, -0.2) is 0 Å². The molecule has 0 unspecified atom stereocenters. The molecule has 5 nitrogen and oxygen atoms in total. The van der Waals surface area contributed by atoms with Crippen LogP contribution in [0, 0.1) is 5.92 Å². The van der Waals surface area contributed by atoms with Gasteiger partial charge in [0.25, 0.3) is 0 Å². The summed E-state index contributed by atoms with van der Waals surface area (Å²) in [6, 6.07) is 4.70. The van der Waals surface area contributed by atoms with Crippen molar-refractivity contribution in [2.45, 2.75) is 37.6 Å². The van der Waals surface area contributed by atoms with Gasteiger partial charge in [-0.1, -0.05) is 18.2 Å². The number of amides is 1. The van der Waals surface area contributed by atoms with Crippen molar-refractivity contribution < 1.29 is 23.1 Å². The van der Waals surface area contributed by atoms with E-state index < -0.39 is 23.8 Å². The fourth-order valence-corrected chi connectivity index (χ4v) is 3.32. The van der Waals surface area contributed by atoms with Crippen LogP contribution < -0.4 is 5.32 Å². The van der Waals surface area contributed by atoms with Crippen LogP contribution >= 0.6 is 0 Å². The first-order valence-electron chi connectivity index (χ1n) is 8.35. The van der Waals surface area contributed by atoms with Crippen LogP contribution in [-0.2, 0) is 24.4 Å². The van der Waals surface area contributed by atoms with Gasteiger partial charge in [-0.15, -0.1) is 0 Å². The largest absolute Gasteiger partial charge is 0.416 e. The minimum atomic E-state index is -4.50. The second-order valence-corrected chi connectivity index (χ2v) is 6.71. The number of carbonyl (C=O) groups excluding carboxylic acids is 1. The predicted molar refractivity (Wildman–Crippen MR) is 88.0 cm³/mol. The molecule has 0 aliphatic heterocycles. The first-order valence-corrected chi connectivity index (χ1v) is 8.35. The van der Waals surface area contributed by atoms with E-state index in [0.717, 1.165) is 11.6 Å². The average molecular weight is 367 g/mol. The molecule has 0 radical (unpaired) electrons. The SMILES string of the molecule is Cn1cc([C@@H](NC(=O)Cc2ccccc2C(F)(F)F)C2CC(O)C2)cn1. The highest BCUT2D eigenvalue weighted by Crippen LogP contribution is 2.38. The topological polar surface area (TPSA) is 67.2 Å². The number of halogens is 3. The first kappa shape index (κ1) is 18.4. The van der Waals surface area contributed by atoms with Crippen molar-refractivity contribution in [3.8, 4) is 0 Å². The van der Waals surface area contributed by atoms with E-state index in [-0.39, 0.29) is 23.9 Å². The standard InChI is InChI=1S/C18H20F3N3O2/c1-24-10-13(9-22-24)17(12-6-14(25)7-12)23-16(26)8-11-4-2-3-5-15(11)18(19,20)21/h2-5,9-10,12,14,17,25H,6-8H2,1H3,(H,23,26)/t12?,14?,17-/m0/s1. The van der Waals surface area contributed by atoms with Crippen molar-refractivity contribution in [2.24, 2.45) is 13.0 Å². The summed E-state index contributed by atoms with van der Waals surface area (Å²) in [6.07, 6.45) is -0.794. The molecule has 0 bridgehead atoms. The zero-order chi connectivity index (χ0) is 18.9. The third-order valence-electron chi connectivity index (χ3n) is 4.70. The summed E-state index contributed by atoms with van der Waals surface area (Å²) in [6.45, 7) is 0. The normalized spacial score (nSPS) is 21.1. The predicted octanol–water partition coefficient (Wildman–Crippen LogP) is 2.61. The molecular weight excluding hydrogens is 347 g/mol. The highest BCUT2D eigenvalue weighted by Gasteiger charge is 2.37. The second-order valence-electron chi connectivity index (χ2n) is 6.71. The van der Waals surface area contributed by atoms with E-state index in [9.17, 15) is 23.1 Å². The Morgan fingerprint density at radius 2 is 2.08 bits per heavy atom. The monoisotopic (exact) mass is 367 g/mol. The molecule has 1 aliphatic rings. The molecule has 1 heterocycles. The Kier molecular flexibility index (Phi) is 5.04. The third kappa shape index (κ3) is 4.07. The molecule has 3 rings (SSSR count). The number of rotatable bonds is 5. The molecule has 8 heteroatoms. The van der Waals surface area contributed by atoms with Crippen LogP contribution in [0.4, 0.5) is 13.2 Å². The van der Waals surface area contributed by atoms with Gasteiger partial charge in [-0.3, -0.25) is 9.48 Å². The smallest absolute Gasteiger partial charge is 0.393 e. The minimum Gasteiger partial charge on any atom is -0.393 e. The molecule has 2 N–H and O–H groups in total. The van der Waals surface area contributed by atoms with Crippen LogP contribution in [-0.4, -0.2) is 26.9 Å². The fourth-order valence-electron chi connectivity index (χ4n) is 3.32. The molecule has 1 aromatic heterocycles.